The van der Waals surface area contributed by atoms with E-state index in [1.807, 2.05) is 13.0 Å². The second-order valence-electron chi connectivity index (χ2n) is 3.09. The summed E-state index contributed by atoms with van der Waals surface area (Å²) in [6.07, 6.45) is 0. The smallest absolute Gasteiger partial charge is 0.385 e. The van der Waals surface area contributed by atoms with Crippen molar-refractivity contribution in [1.29, 1.82) is 0 Å². The molecule has 1 unspecified atom stereocenters. The lowest BCUT2D eigenvalue weighted by molar-refractivity contribution is -0.128. The van der Waals surface area contributed by atoms with Gasteiger partial charge in [-0.15, -0.1) is 0 Å². The van der Waals surface area contributed by atoms with Gasteiger partial charge in [-0.25, -0.2) is 4.79 Å². The van der Waals surface area contributed by atoms with E-state index in [0.717, 1.165) is 5.56 Å². The summed E-state index contributed by atoms with van der Waals surface area (Å²) in [5, 5.41) is 0. The lowest BCUT2D eigenvalue weighted by Gasteiger charge is -2.03. The molecule has 1 atom stereocenters. The van der Waals surface area contributed by atoms with Crippen LogP contribution < -0.4 is 4.74 Å². The van der Waals surface area contributed by atoms with Crippen LogP contribution in [0.4, 0.5) is 0 Å². The van der Waals surface area contributed by atoms with Crippen LogP contribution in [0.2, 0.25) is 0 Å². The molecule has 0 bridgehead atoms. The normalized spacial score (nSPS) is 16.4. The number of fused-ring (bicyclic) bond motifs is 1. The highest BCUT2D eigenvalue weighted by Crippen LogP contribution is 2.31. The van der Waals surface area contributed by atoms with Gasteiger partial charge in [-0.05, 0) is 24.6 Å². The van der Waals surface area contributed by atoms with Crippen molar-refractivity contribution in [2.75, 3.05) is 0 Å². The molecule has 4 heteroatoms. The number of hydrogen-bond donors (Lipinski definition) is 0. The van der Waals surface area contributed by atoms with Gasteiger partial charge in [-0.1, -0.05) is 28.7 Å². The van der Waals surface area contributed by atoms with Gasteiger partial charge >= 0.3 is 5.97 Å². The molecule has 1 aliphatic heterocycles. The number of ether oxygens (including phenoxy) is 1. The van der Waals surface area contributed by atoms with Gasteiger partial charge in [-0.2, -0.15) is 0 Å². The summed E-state index contributed by atoms with van der Waals surface area (Å²) < 4.78 is 5.07. The van der Waals surface area contributed by atoms with E-state index in [1.54, 1.807) is 12.1 Å². The van der Waals surface area contributed by atoms with Crippen LogP contribution in [0.1, 0.15) is 26.8 Å². The number of carbonyl (C=O) groups is 2. The van der Waals surface area contributed by atoms with Crippen molar-refractivity contribution in [1.82, 2.24) is 0 Å². The Morgan fingerprint density at radius 3 is 2.71 bits per heavy atom. The summed E-state index contributed by atoms with van der Waals surface area (Å²) in [5.74, 6) is -0.946. The number of ketones is 1. The molecule has 72 valence electrons. The summed E-state index contributed by atoms with van der Waals surface area (Å²) in [4.78, 5) is 22.2. The Balaban J connectivity index is 2.51. The molecular weight excluding hydrogens is 295 g/mol. The number of Topliss-reactive ketones (excluding diaryl/α,β-unsaturated/α-hetero) is 1. The van der Waals surface area contributed by atoms with Gasteiger partial charge in [0.05, 0.1) is 5.56 Å². The molecule has 0 saturated carbocycles. The van der Waals surface area contributed by atoms with Gasteiger partial charge in [0.25, 0.3) is 5.78 Å². The molecule has 0 N–H and O–H groups in total. The minimum atomic E-state index is -0.779. The second-order valence-corrected chi connectivity index (χ2v) is 4.96. The molecule has 14 heavy (non-hydrogen) atoms. The van der Waals surface area contributed by atoms with Crippen LogP contribution in [0.3, 0.4) is 0 Å². The van der Waals surface area contributed by atoms with Crippen molar-refractivity contribution in [3.05, 3.63) is 29.3 Å². The number of halogens is 1. The average Bonchev–Trinajstić information content (AvgIpc) is 2.43. The van der Waals surface area contributed by atoms with Crippen LogP contribution in [-0.4, -0.2) is 11.8 Å². The molecule has 1 heterocycles. The summed E-state index contributed by atoms with van der Waals surface area (Å²) in [7, 11) is 0. The van der Waals surface area contributed by atoms with Crippen molar-refractivity contribution in [2.24, 2.45) is 0 Å². The molecule has 0 aromatic heterocycles. The maximum atomic E-state index is 11.3. The monoisotopic (exact) mass is 302 g/mol. The molecule has 0 radical (unpaired) electrons. The summed E-state index contributed by atoms with van der Waals surface area (Å²) in [5.41, 5.74) is 1.41. The Bertz CT molecular complexity index is 423. The fourth-order valence-electron chi connectivity index (χ4n) is 1.32. The van der Waals surface area contributed by atoms with Gasteiger partial charge in [0.15, 0.2) is 0 Å². The Hall–Kier alpha value is -0.910. The zero-order valence-electron chi connectivity index (χ0n) is 7.41. The van der Waals surface area contributed by atoms with E-state index in [1.165, 1.54) is 0 Å². The zero-order valence-corrected chi connectivity index (χ0v) is 9.57. The predicted octanol–water partition coefficient (Wildman–Crippen LogP) is 2.28. The van der Waals surface area contributed by atoms with Crippen LogP contribution >= 0.6 is 22.6 Å². The highest BCUT2D eigenvalue weighted by Gasteiger charge is 2.30. The maximum absolute atomic E-state index is 11.3. The molecule has 1 aromatic carbocycles. The Labute approximate surface area is 94.6 Å². The molecule has 1 aromatic rings. The lowest BCUT2D eigenvalue weighted by Crippen LogP contribution is -2.10. The van der Waals surface area contributed by atoms with Gasteiger partial charge in [0.1, 0.15) is 5.75 Å². The molecule has 3 nitrogen and oxygen atoms in total. The molecule has 0 saturated heterocycles. The van der Waals surface area contributed by atoms with Crippen molar-refractivity contribution in [2.45, 2.75) is 10.8 Å². The molecule has 0 spiro atoms. The number of alkyl halides is 1. The van der Waals surface area contributed by atoms with Crippen molar-refractivity contribution < 1.29 is 14.3 Å². The first-order valence-electron chi connectivity index (χ1n) is 4.14. The maximum Gasteiger partial charge on any atom is 0.385 e. The minimum absolute atomic E-state index is 0.307. The van der Waals surface area contributed by atoms with Crippen LogP contribution in [0.5, 0.6) is 5.75 Å². The van der Waals surface area contributed by atoms with Crippen molar-refractivity contribution >= 4 is 34.3 Å². The third-order valence-corrected chi connectivity index (χ3v) is 2.81. The molecular formula is C10H7IO3. The van der Waals surface area contributed by atoms with Crippen LogP contribution in [0, 0.1) is 0 Å². The average molecular weight is 302 g/mol. The van der Waals surface area contributed by atoms with Crippen LogP contribution in [0.15, 0.2) is 18.2 Å². The third-order valence-electron chi connectivity index (χ3n) is 2.10. The fraction of sp³-hybridized carbons (Fsp3) is 0.200. The highest BCUT2D eigenvalue weighted by molar-refractivity contribution is 14.1. The standard InChI is InChI=1S/C10H7IO3/c1-5(11)6-2-3-8-7(4-6)9(12)10(13)14-8/h2-5H,1H3. The minimum Gasteiger partial charge on any atom is -0.420 e. The molecule has 0 fully saturated rings. The highest BCUT2D eigenvalue weighted by atomic mass is 127. The zero-order chi connectivity index (χ0) is 10.3. The van der Waals surface area contributed by atoms with Crippen LogP contribution in [-0.2, 0) is 4.79 Å². The van der Waals surface area contributed by atoms with E-state index in [2.05, 4.69) is 22.6 Å². The van der Waals surface area contributed by atoms with Gasteiger partial charge < -0.3 is 4.74 Å². The summed E-state index contributed by atoms with van der Waals surface area (Å²) >= 11 is 2.25. The van der Waals surface area contributed by atoms with E-state index >= 15 is 0 Å². The largest absolute Gasteiger partial charge is 0.420 e. The van der Waals surface area contributed by atoms with E-state index in [9.17, 15) is 9.59 Å². The van der Waals surface area contributed by atoms with Gasteiger partial charge in [-0.3, -0.25) is 4.79 Å². The number of carbonyl (C=O) groups excluding carboxylic acids is 2. The summed E-state index contributed by atoms with van der Waals surface area (Å²) in [6.45, 7) is 2.02. The first kappa shape index (κ1) is 9.64. The van der Waals surface area contributed by atoms with Crippen LogP contribution in [0.25, 0.3) is 0 Å². The predicted molar refractivity (Wildman–Crippen MR) is 58.8 cm³/mol. The molecule has 0 aliphatic carbocycles. The second kappa shape index (κ2) is 3.34. The number of esters is 1. The fourth-order valence-corrected chi connectivity index (χ4v) is 1.71. The topological polar surface area (TPSA) is 43.4 Å². The van der Waals surface area contributed by atoms with E-state index < -0.39 is 11.8 Å². The van der Waals surface area contributed by atoms with E-state index in [-0.39, 0.29) is 0 Å². The third kappa shape index (κ3) is 1.43. The molecule has 0 amide bonds. The summed E-state index contributed by atoms with van der Waals surface area (Å²) in [6, 6.07) is 5.25. The number of rotatable bonds is 1. The lowest BCUT2D eigenvalue weighted by atomic mass is 10.1. The van der Waals surface area contributed by atoms with E-state index in [0.29, 0.717) is 15.2 Å². The first-order chi connectivity index (χ1) is 6.59. The molecule has 2 rings (SSSR count). The Kier molecular flexibility index (Phi) is 2.30. The van der Waals surface area contributed by atoms with Crippen molar-refractivity contribution in [3.63, 3.8) is 0 Å². The van der Waals surface area contributed by atoms with Gasteiger partial charge in [0.2, 0.25) is 0 Å². The first-order valence-corrected chi connectivity index (χ1v) is 5.38. The SMILES string of the molecule is CC(I)c1ccc2c(c1)C(=O)C(=O)O2. The number of hydrogen-bond acceptors (Lipinski definition) is 3. The quantitative estimate of drug-likeness (QED) is 0.263. The van der Waals surface area contributed by atoms with Crippen molar-refractivity contribution in [3.8, 4) is 5.75 Å². The Morgan fingerprint density at radius 1 is 1.36 bits per heavy atom. The van der Waals surface area contributed by atoms with Gasteiger partial charge in [0, 0.05) is 3.92 Å². The Morgan fingerprint density at radius 2 is 2.07 bits per heavy atom. The molecule has 1 aliphatic rings. The van der Waals surface area contributed by atoms with E-state index in [4.69, 9.17) is 4.74 Å². The number of benzene rings is 1.